The first-order valence-electron chi connectivity index (χ1n) is 4.74. The van der Waals surface area contributed by atoms with Gasteiger partial charge in [0.05, 0.1) is 11.5 Å². The van der Waals surface area contributed by atoms with E-state index in [1.807, 2.05) is 6.08 Å². The van der Waals surface area contributed by atoms with Crippen molar-refractivity contribution in [3.05, 3.63) is 12.7 Å². The highest BCUT2D eigenvalue weighted by Gasteiger charge is 2.36. The van der Waals surface area contributed by atoms with E-state index in [0.717, 1.165) is 31.6 Å². The smallest absolute Gasteiger partial charge is 0.0689 e. The molecule has 1 fully saturated rings. The van der Waals surface area contributed by atoms with Crippen LogP contribution in [0.1, 0.15) is 39.0 Å². The van der Waals surface area contributed by atoms with E-state index in [1.165, 1.54) is 6.42 Å². The Balaban J connectivity index is 2.53. The van der Waals surface area contributed by atoms with Gasteiger partial charge in [0.25, 0.3) is 0 Å². The maximum atomic E-state index is 9.08. The summed E-state index contributed by atoms with van der Waals surface area (Å²) in [5.41, 5.74) is -0.00634. The van der Waals surface area contributed by atoms with Crippen molar-refractivity contribution in [1.82, 2.24) is 0 Å². The summed E-state index contributed by atoms with van der Waals surface area (Å²) >= 11 is 0. The first-order chi connectivity index (χ1) is 5.72. The quantitative estimate of drug-likeness (QED) is 0.586. The minimum Gasteiger partial charge on any atom is -0.198 e. The molecule has 0 aromatic carbocycles. The van der Waals surface area contributed by atoms with Gasteiger partial charge in [0, 0.05) is 0 Å². The molecular weight excluding hydrogens is 146 g/mol. The van der Waals surface area contributed by atoms with Gasteiger partial charge in [-0.25, -0.2) is 0 Å². The summed E-state index contributed by atoms with van der Waals surface area (Å²) in [4.78, 5) is 0. The fourth-order valence-corrected chi connectivity index (χ4v) is 2.16. The third-order valence-corrected chi connectivity index (χ3v) is 2.92. The van der Waals surface area contributed by atoms with Crippen LogP contribution in [0.5, 0.6) is 0 Å². The maximum absolute atomic E-state index is 9.08. The Bertz CT molecular complexity index is 202. The number of nitriles is 1. The summed E-state index contributed by atoms with van der Waals surface area (Å²) in [6.07, 6.45) is 7.33. The zero-order chi connectivity index (χ0) is 9.03. The lowest BCUT2D eigenvalue weighted by atomic mass is 9.82. The van der Waals surface area contributed by atoms with Crippen LogP contribution in [-0.2, 0) is 0 Å². The normalized spacial score (nSPS) is 34.5. The fourth-order valence-electron chi connectivity index (χ4n) is 2.16. The van der Waals surface area contributed by atoms with E-state index in [9.17, 15) is 0 Å². The van der Waals surface area contributed by atoms with Crippen molar-refractivity contribution in [1.29, 1.82) is 5.26 Å². The van der Waals surface area contributed by atoms with Crippen LogP contribution >= 0.6 is 0 Å². The minimum absolute atomic E-state index is 0.00634. The van der Waals surface area contributed by atoms with Crippen LogP contribution in [0.2, 0.25) is 0 Å². The van der Waals surface area contributed by atoms with Gasteiger partial charge in [0.1, 0.15) is 0 Å². The molecule has 0 aromatic heterocycles. The average Bonchev–Trinajstić information content (AvgIpc) is 2.45. The molecule has 0 amide bonds. The number of allylic oxidation sites excluding steroid dienone is 1. The largest absolute Gasteiger partial charge is 0.198 e. The molecule has 0 aliphatic heterocycles. The van der Waals surface area contributed by atoms with Crippen molar-refractivity contribution in [3.63, 3.8) is 0 Å². The van der Waals surface area contributed by atoms with E-state index in [-0.39, 0.29) is 5.41 Å². The van der Waals surface area contributed by atoms with E-state index in [0.29, 0.717) is 0 Å². The van der Waals surface area contributed by atoms with Crippen LogP contribution in [0.15, 0.2) is 12.7 Å². The summed E-state index contributed by atoms with van der Waals surface area (Å²) in [7, 11) is 0. The fraction of sp³-hybridized carbons (Fsp3) is 0.727. The predicted molar refractivity (Wildman–Crippen MR) is 50.5 cm³/mol. The van der Waals surface area contributed by atoms with Gasteiger partial charge in [-0.3, -0.25) is 0 Å². The van der Waals surface area contributed by atoms with Gasteiger partial charge >= 0.3 is 0 Å². The molecule has 0 aromatic rings. The first kappa shape index (κ1) is 9.32. The Kier molecular flexibility index (Phi) is 2.92. The number of hydrogen-bond donors (Lipinski definition) is 0. The first-order valence-corrected chi connectivity index (χ1v) is 4.74. The molecule has 0 radical (unpaired) electrons. The topological polar surface area (TPSA) is 23.8 Å². The van der Waals surface area contributed by atoms with Crippen molar-refractivity contribution in [3.8, 4) is 6.07 Å². The van der Waals surface area contributed by atoms with Crippen LogP contribution in [0, 0.1) is 22.7 Å². The van der Waals surface area contributed by atoms with Crippen molar-refractivity contribution >= 4 is 0 Å². The van der Waals surface area contributed by atoms with Crippen LogP contribution in [0.25, 0.3) is 0 Å². The molecule has 0 saturated heterocycles. The molecule has 2 unspecified atom stereocenters. The summed E-state index contributed by atoms with van der Waals surface area (Å²) in [5, 5.41) is 9.08. The van der Waals surface area contributed by atoms with Crippen molar-refractivity contribution in [2.45, 2.75) is 39.0 Å². The Morgan fingerprint density at radius 3 is 2.92 bits per heavy atom. The van der Waals surface area contributed by atoms with Gasteiger partial charge in [0.2, 0.25) is 0 Å². The van der Waals surface area contributed by atoms with Gasteiger partial charge in [0.15, 0.2) is 0 Å². The molecule has 1 nitrogen and oxygen atoms in total. The van der Waals surface area contributed by atoms with Crippen molar-refractivity contribution in [2.24, 2.45) is 11.3 Å². The molecule has 0 heterocycles. The molecule has 12 heavy (non-hydrogen) atoms. The van der Waals surface area contributed by atoms with E-state index in [2.05, 4.69) is 19.6 Å². The summed E-state index contributed by atoms with van der Waals surface area (Å²) in [6.45, 7) is 5.94. The molecule has 1 heteroatoms. The Morgan fingerprint density at radius 1 is 1.75 bits per heavy atom. The summed E-state index contributed by atoms with van der Waals surface area (Å²) in [5.74, 6) is 0.745. The molecule has 0 bridgehead atoms. The highest BCUT2D eigenvalue weighted by atomic mass is 14.4. The third kappa shape index (κ3) is 1.88. The number of hydrogen-bond acceptors (Lipinski definition) is 1. The second-order valence-electron chi connectivity index (χ2n) is 4.07. The molecule has 2 atom stereocenters. The highest BCUT2D eigenvalue weighted by molar-refractivity contribution is 5.04. The lowest BCUT2D eigenvalue weighted by molar-refractivity contribution is 0.366. The number of nitrogens with zero attached hydrogens (tertiary/aromatic N) is 1. The third-order valence-electron chi connectivity index (χ3n) is 2.92. The SMILES string of the molecule is C=CCCC1(C#N)CCC(C)C1. The Labute approximate surface area is 75.1 Å². The molecule has 1 aliphatic carbocycles. The summed E-state index contributed by atoms with van der Waals surface area (Å²) < 4.78 is 0. The van der Waals surface area contributed by atoms with Gasteiger partial charge in [-0.15, -0.1) is 6.58 Å². The van der Waals surface area contributed by atoms with E-state index in [1.54, 1.807) is 0 Å². The van der Waals surface area contributed by atoms with Gasteiger partial charge < -0.3 is 0 Å². The van der Waals surface area contributed by atoms with Crippen LogP contribution < -0.4 is 0 Å². The van der Waals surface area contributed by atoms with Gasteiger partial charge in [-0.2, -0.15) is 5.26 Å². The zero-order valence-corrected chi connectivity index (χ0v) is 7.84. The second kappa shape index (κ2) is 3.76. The molecular formula is C11H17N. The average molecular weight is 163 g/mol. The summed E-state index contributed by atoms with van der Waals surface area (Å²) in [6, 6.07) is 2.49. The maximum Gasteiger partial charge on any atom is 0.0689 e. The van der Waals surface area contributed by atoms with E-state index in [4.69, 9.17) is 5.26 Å². The predicted octanol–water partition coefficient (Wildman–Crippen LogP) is 3.28. The van der Waals surface area contributed by atoms with Crippen LogP contribution in [0.4, 0.5) is 0 Å². The minimum atomic E-state index is -0.00634. The van der Waals surface area contributed by atoms with Crippen molar-refractivity contribution < 1.29 is 0 Å². The molecule has 1 saturated carbocycles. The Hall–Kier alpha value is -0.770. The van der Waals surface area contributed by atoms with Crippen LogP contribution in [-0.4, -0.2) is 0 Å². The number of rotatable bonds is 3. The molecule has 1 aliphatic rings. The molecule has 1 rings (SSSR count). The van der Waals surface area contributed by atoms with E-state index >= 15 is 0 Å². The van der Waals surface area contributed by atoms with Gasteiger partial charge in [-0.1, -0.05) is 13.0 Å². The molecule has 0 N–H and O–H groups in total. The second-order valence-corrected chi connectivity index (χ2v) is 4.07. The highest BCUT2D eigenvalue weighted by Crippen LogP contribution is 2.44. The lowest BCUT2D eigenvalue weighted by Crippen LogP contribution is -2.13. The van der Waals surface area contributed by atoms with Crippen molar-refractivity contribution in [2.75, 3.05) is 0 Å². The zero-order valence-electron chi connectivity index (χ0n) is 7.84. The lowest BCUT2D eigenvalue weighted by Gasteiger charge is -2.19. The van der Waals surface area contributed by atoms with Gasteiger partial charge in [-0.05, 0) is 38.0 Å². The monoisotopic (exact) mass is 163 g/mol. The van der Waals surface area contributed by atoms with E-state index < -0.39 is 0 Å². The molecule has 0 spiro atoms. The molecule has 66 valence electrons. The van der Waals surface area contributed by atoms with Crippen LogP contribution in [0.3, 0.4) is 0 Å². The standard InChI is InChI=1S/C11H17N/c1-3-4-6-11(9-12)7-5-10(2)8-11/h3,10H,1,4-8H2,2H3. The Morgan fingerprint density at radius 2 is 2.50 bits per heavy atom.